The average molecular weight is 273 g/mol. The molecule has 0 radical (unpaired) electrons. The van der Waals surface area contributed by atoms with Crippen molar-refractivity contribution in [2.45, 2.75) is 6.92 Å². The van der Waals surface area contributed by atoms with Crippen LogP contribution < -0.4 is 5.32 Å². The summed E-state index contributed by atoms with van der Waals surface area (Å²) in [5.41, 5.74) is 2.18. The molecule has 0 spiro atoms. The van der Waals surface area contributed by atoms with Gasteiger partial charge < -0.3 is 10.1 Å². The van der Waals surface area contributed by atoms with Crippen LogP contribution in [0.2, 0.25) is 0 Å². The van der Waals surface area contributed by atoms with Gasteiger partial charge in [-0.05, 0) is 25.1 Å². The van der Waals surface area contributed by atoms with Crippen LogP contribution in [-0.2, 0) is 11.8 Å². The first kappa shape index (κ1) is 13.8. The molecule has 1 aromatic heterocycles. The number of nitrogens with zero attached hydrogens (tertiary/aromatic N) is 2. The molecule has 0 saturated heterocycles. The van der Waals surface area contributed by atoms with Gasteiger partial charge in [0.15, 0.2) is 0 Å². The molecular formula is C14H15N3O3. The summed E-state index contributed by atoms with van der Waals surface area (Å²) < 4.78 is 6.26. The van der Waals surface area contributed by atoms with Crippen LogP contribution >= 0.6 is 0 Å². The standard InChI is InChI=1S/C14H15N3O3/c1-9-12(8-15-17(9)2)13(18)16-11-6-4-5-10(7-11)14(19)20-3/h4-8H,1-3H3,(H,16,18). The first-order valence-electron chi connectivity index (χ1n) is 6.01. The number of hydrogen-bond acceptors (Lipinski definition) is 4. The third-order valence-corrected chi connectivity index (χ3v) is 3.02. The van der Waals surface area contributed by atoms with E-state index in [1.807, 2.05) is 6.92 Å². The number of aryl methyl sites for hydroxylation is 1. The molecule has 2 aromatic rings. The maximum absolute atomic E-state index is 12.1. The highest BCUT2D eigenvalue weighted by Crippen LogP contribution is 2.14. The van der Waals surface area contributed by atoms with Crippen molar-refractivity contribution < 1.29 is 14.3 Å². The Balaban J connectivity index is 2.20. The van der Waals surface area contributed by atoms with Gasteiger partial charge in [-0.15, -0.1) is 0 Å². The Morgan fingerprint density at radius 3 is 2.70 bits per heavy atom. The Morgan fingerprint density at radius 2 is 2.10 bits per heavy atom. The fourth-order valence-corrected chi connectivity index (χ4v) is 1.76. The van der Waals surface area contributed by atoms with Crippen LogP contribution in [0.5, 0.6) is 0 Å². The molecule has 0 aliphatic carbocycles. The molecule has 0 aliphatic rings. The van der Waals surface area contributed by atoms with Gasteiger partial charge in [0.2, 0.25) is 0 Å². The Morgan fingerprint density at radius 1 is 1.35 bits per heavy atom. The topological polar surface area (TPSA) is 73.2 Å². The van der Waals surface area contributed by atoms with Gasteiger partial charge in [0.05, 0.1) is 24.4 Å². The van der Waals surface area contributed by atoms with E-state index in [-0.39, 0.29) is 5.91 Å². The monoisotopic (exact) mass is 273 g/mol. The van der Waals surface area contributed by atoms with E-state index in [0.717, 1.165) is 5.69 Å². The van der Waals surface area contributed by atoms with Crippen molar-refractivity contribution in [1.82, 2.24) is 9.78 Å². The van der Waals surface area contributed by atoms with E-state index >= 15 is 0 Å². The van der Waals surface area contributed by atoms with Crippen molar-refractivity contribution in [1.29, 1.82) is 0 Å². The molecule has 20 heavy (non-hydrogen) atoms. The van der Waals surface area contributed by atoms with E-state index < -0.39 is 5.97 Å². The summed E-state index contributed by atoms with van der Waals surface area (Å²) >= 11 is 0. The number of methoxy groups -OCH3 is 1. The van der Waals surface area contributed by atoms with E-state index in [4.69, 9.17) is 0 Å². The zero-order valence-corrected chi connectivity index (χ0v) is 11.5. The summed E-state index contributed by atoms with van der Waals surface area (Å²) in [4.78, 5) is 23.5. The van der Waals surface area contributed by atoms with Gasteiger partial charge in [-0.1, -0.05) is 6.07 Å². The number of ether oxygens (including phenoxy) is 1. The molecule has 1 aromatic carbocycles. The molecule has 0 unspecified atom stereocenters. The fraction of sp³-hybridized carbons (Fsp3) is 0.214. The van der Waals surface area contributed by atoms with Crippen LogP contribution in [0.25, 0.3) is 0 Å². The maximum atomic E-state index is 12.1. The van der Waals surface area contributed by atoms with Gasteiger partial charge in [0, 0.05) is 18.4 Å². The van der Waals surface area contributed by atoms with E-state index in [2.05, 4.69) is 15.2 Å². The van der Waals surface area contributed by atoms with Crippen LogP contribution in [-0.4, -0.2) is 28.8 Å². The number of carbonyl (C=O) groups excluding carboxylic acids is 2. The number of esters is 1. The summed E-state index contributed by atoms with van der Waals surface area (Å²) in [6.07, 6.45) is 1.51. The van der Waals surface area contributed by atoms with Gasteiger partial charge in [-0.25, -0.2) is 4.79 Å². The molecule has 2 rings (SSSR count). The Hall–Kier alpha value is -2.63. The lowest BCUT2D eigenvalue weighted by atomic mass is 10.2. The van der Waals surface area contributed by atoms with Gasteiger partial charge in [-0.3, -0.25) is 9.48 Å². The second-order valence-electron chi connectivity index (χ2n) is 4.29. The smallest absolute Gasteiger partial charge is 0.337 e. The first-order chi connectivity index (χ1) is 9.52. The van der Waals surface area contributed by atoms with Crippen LogP contribution in [0, 0.1) is 6.92 Å². The van der Waals surface area contributed by atoms with Crippen LogP contribution in [0.1, 0.15) is 26.4 Å². The molecular weight excluding hydrogens is 258 g/mol. The van der Waals surface area contributed by atoms with Gasteiger partial charge in [0.1, 0.15) is 0 Å². The predicted molar refractivity (Wildman–Crippen MR) is 73.7 cm³/mol. The molecule has 1 N–H and O–H groups in total. The van der Waals surface area contributed by atoms with Crippen LogP contribution in [0.4, 0.5) is 5.69 Å². The number of anilines is 1. The molecule has 1 amide bonds. The summed E-state index contributed by atoms with van der Waals surface area (Å²) in [6.45, 7) is 1.81. The number of rotatable bonds is 3. The van der Waals surface area contributed by atoms with Crippen molar-refractivity contribution in [3.05, 3.63) is 47.3 Å². The quantitative estimate of drug-likeness (QED) is 0.865. The molecule has 6 heteroatoms. The Kier molecular flexibility index (Phi) is 3.84. The molecule has 0 saturated carbocycles. The lowest BCUT2D eigenvalue weighted by molar-refractivity contribution is 0.0600. The summed E-state index contributed by atoms with van der Waals surface area (Å²) in [5.74, 6) is -0.712. The van der Waals surface area contributed by atoms with Gasteiger partial charge >= 0.3 is 5.97 Å². The molecule has 104 valence electrons. The zero-order chi connectivity index (χ0) is 14.7. The lowest BCUT2D eigenvalue weighted by Gasteiger charge is -2.06. The third-order valence-electron chi connectivity index (χ3n) is 3.02. The largest absolute Gasteiger partial charge is 0.465 e. The van der Waals surface area contributed by atoms with Crippen molar-refractivity contribution in [2.24, 2.45) is 7.05 Å². The normalized spacial score (nSPS) is 10.2. The molecule has 1 heterocycles. The second-order valence-corrected chi connectivity index (χ2v) is 4.29. The summed E-state index contributed by atoms with van der Waals surface area (Å²) in [7, 11) is 3.08. The summed E-state index contributed by atoms with van der Waals surface area (Å²) in [6, 6.07) is 6.57. The van der Waals surface area contributed by atoms with E-state index in [0.29, 0.717) is 16.8 Å². The van der Waals surface area contributed by atoms with Crippen molar-refractivity contribution in [3.63, 3.8) is 0 Å². The van der Waals surface area contributed by atoms with Gasteiger partial charge in [0.25, 0.3) is 5.91 Å². The lowest BCUT2D eigenvalue weighted by Crippen LogP contribution is -2.13. The van der Waals surface area contributed by atoms with Crippen LogP contribution in [0.3, 0.4) is 0 Å². The molecule has 0 aliphatic heterocycles. The average Bonchev–Trinajstić information content (AvgIpc) is 2.78. The number of carbonyl (C=O) groups is 2. The number of amides is 1. The molecule has 6 nitrogen and oxygen atoms in total. The molecule has 0 bridgehead atoms. The minimum atomic E-state index is -0.446. The number of nitrogens with one attached hydrogen (secondary N) is 1. The number of hydrogen-bond donors (Lipinski definition) is 1. The van der Waals surface area contributed by atoms with Gasteiger partial charge in [-0.2, -0.15) is 5.10 Å². The Bertz CT molecular complexity index is 661. The van der Waals surface area contributed by atoms with Crippen molar-refractivity contribution >= 4 is 17.6 Å². The van der Waals surface area contributed by atoms with Crippen LogP contribution in [0.15, 0.2) is 30.5 Å². The first-order valence-corrected chi connectivity index (χ1v) is 6.01. The summed E-state index contributed by atoms with van der Waals surface area (Å²) in [5, 5.41) is 6.75. The highest BCUT2D eigenvalue weighted by atomic mass is 16.5. The van der Waals surface area contributed by atoms with Crippen molar-refractivity contribution in [2.75, 3.05) is 12.4 Å². The maximum Gasteiger partial charge on any atom is 0.337 e. The van der Waals surface area contributed by atoms with E-state index in [1.54, 1.807) is 36.0 Å². The van der Waals surface area contributed by atoms with E-state index in [9.17, 15) is 9.59 Å². The fourth-order valence-electron chi connectivity index (χ4n) is 1.76. The zero-order valence-electron chi connectivity index (χ0n) is 11.5. The highest BCUT2D eigenvalue weighted by Gasteiger charge is 2.13. The van der Waals surface area contributed by atoms with Crippen molar-refractivity contribution in [3.8, 4) is 0 Å². The highest BCUT2D eigenvalue weighted by molar-refractivity contribution is 6.05. The third kappa shape index (κ3) is 2.69. The number of aromatic nitrogens is 2. The number of benzene rings is 1. The SMILES string of the molecule is COC(=O)c1cccc(NC(=O)c2cnn(C)c2C)c1. The molecule has 0 fully saturated rings. The minimum absolute atomic E-state index is 0.266. The Labute approximate surface area is 116 Å². The van der Waals surface area contributed by atoms with E-state index in [1.165, 1.54) is 13.3 Å². The minimum Gasteiger partial charge on any atom is -0.465 e. The molecule has 0 atom stereocenters. The predicted octanol–water partition coefficient (Wildman–Crippen LogP) is 1.77. The second kappa shape index (κ2) is 5.56.